The van der Waals surface area contributed by atoms with Crippen molar-refractivity contribution in [2.75, 3.05) is 0 Å². The minimum absolute atomic E-state index is 0.391. The number of rotatable bonds is 1. The quantitative estimate of drug-likeness (QED) is 0.171. The van der Waals surface area contributed by atoms with E-state index in [1.807, 2.05) is 11.3 Å². The topological polar surface area (TPSA) is 0 Å². The molecule has 0 radical (unpaired) electrons. The molecule has 1 spiro atoms. The molecule has 0 aliphatic heterocycles. The Morgan fingerprint density at radius 1 is 0.354 bits per heavy atom. The maximum Gasteiger partial charge on any atom is 0.0725 e. The van der Waals surface area contributed by atoms with Crippen molar-refractivity contribution in [3.05, 3.63) is 180 Å². The Morgan fingerprint density at radius 3 is 1.81 bits per heavy atom. The van der Waals surface area contributed by atoms with E-state index < -0.39 is 5.41 Å². The van der Waals surface area contributed by atoms with Crippen LogP contribution in [0.4, 0.5) is 0 Å². The summed E-state index contributed by atoms with van der Waals surface area (Å²) in [4.78, 5) is 0. The van der Waals surface area contributed by atoms with Gasteiger partial charge in [0.05, 0.1) is 5.41 Å². The smallest absolute Gasteiger partial charge is 0.0725 e. The van der Waals surface area contributed by atoms with E-state index in [9.17, 15) is 0 Å². The van der Waals surface area contributed by atoms with E-state index in [4.69, 9.17) is 0 Å². The summed E-state index contributed by atoms with van der Waals surface area (Å²) < 4.78 is 2.70. The molecule has 0 fully saturated rings. The SMILES string of the molecule is c1ccc2c(c1)-c1cccc3c4c(cc-2c13)C1(c2ccccc2-c2cc(-c3cccc5c3sc3ccccc35)ccc21)c1ccccc1-4. The molecule has 1 heteroatoms. The summed E-state index contributed by atoms with van der Waals surface area (Å²) in [6.45, 7) is 0. The van der Waals surface area contributed by atoms with Gasteiger partial charge in [-0.3, -0.25) is 0 Å². The van der Waals surface area contributed by atoms with Crippen LogP contribution >= 0.6 is 11.3 Å². The Balaban J connectivity index is 1.19. The highest BCUT2D eigenvalue weighted by Crippen LogP contribution is 2.66. The lowest BCUT2D eigenvalue weighted by Gasteiger charge is -2.31. The van der Waals surface area contributed by atoms with Gasteiger partial charge in [-0.25, -0.2) is 0 Å². The van der Waals surface area contributed by atoms with Crippen LogP contribution in [0.1, 0.15) is 22.3 Å². The van der Waals surface area contributed by atoms with Gasteiger partial charge in [0.1, 0.15) is 0 Å². The standard InChI is InChI=1S/C47H26S/c1-2-12-30-29(11-1)33-17-10-19-36-44(33)38(30)26-42-45(36)35-15-4-7-21-40(35)47(42)39-20-6-3-13-31(39)37-25-27(23-24-41(37)47)28-16-9-18-34-32-14-5-8-22-43(32)48-46(28)34/h1-26H. The van der Waals surface area contributed by atoms with Crippen molar-refractivity contribution in [3.63, 3.8) is 0 Å². The van der Waals surface area contributed by atoms with Crippen LogP contribution in [-0.4, -0.2) is 0 Å². The zero-order chi connectivity index (χ0) is 31.1. The molecule has 0 nitrogen and oxygen atoms in total. The Kier molecular flexibility index (Phi) is 4.63. The van der Waals surface area contributed by atoms with Crippen molar-refractivity contribution in [2.45, 2.75) is 5.41 Å². The van der Waals surface area contributed by atoms with Gasteiger partial charge in [-0.05, 0) is 107 Å². The molecule has 48 heavy (non-hydrogen) atoms. The molecule has 220 valence electrons. The van der Waals surface area contributed by atoms with Crippen molar-refractivity contribution in [1.29, 1.82) is 0 Å². The number of fused-ring (bicyclic) bond motifs is 17. The summed E-state index contributed by atoms with van der Waals surface area (Å²) in [5, 5.41) is 5.44. The minimum Gasteiger partial charge on any atom is -0.135 e. The first-order chi connectivity index (χ1) is 23.8. The summed E-state index contributed by atoms with van der Waals surface area (Å²) >= 11 is 1.91. The normalized spacial score (nSPS) is 16.0. The maximum absolute atomic E-state index is 2.56. The first kappa shape index (κ1) is 25.3. The Bertz CT molecular complexity index is 2900. The van der Waals surface area contributed by atoms with Gasteiger partial charge in [0.15, 0.2) is 0 Å². The second-order valence-corrected chi connectivity index (χ2v) is 14.6. The summed E-state index contributed by atoms with van der Waals surface area (Å²) in [7, 11) is 0. The van der Waals surface area contributed by atoms with Gasteiger partial charge in [-0.2, -0.15) is 0 Å². The highest BCUT2D eigenvalue weighted by Gasteiger charge is 2.52. The van der Waals surface area contributed by atoms with Gasteiger partial charge in [0.25, 0.3) is 0 Å². The zero-order valence-electron chi connectivity index (χ0n) is 25.9. The lowest BCUT2D eigenvalue weighted by atomic mass is 9.70. The van der Waals surface area contributed by atoms with E-state index in [-0.39, 0.29) is 0 Å². The van der Waals surface area contributed by atoms with Crippen molar-refractivity contribution < 1.29 is 0 Å². The van der Waals surface area contributed by atoms with Crippen LogP contribution in [-0.2, 0) is 5.41 Å². The van der Waals surface area contributed by atoms with Gasteiger partial charge in [-0.1, -0.05) is 140 Å². The molecule has 3 aliphatic rings. The maximum atomic E-state index is 2.56. The van der Waals surface area contributed by atoms with E-state index in [0.717, 1.165) is 0 Å². The molecule has 8 aromatic carbocycles. The second-order valence-electron chi connectivity index (χ2n) is 13.5. The predicted molar refractivity (Wildman–Crippen MR) is 203 cm³/mol. The minimum atomic E-state index is -0.391. The van der Waals surface area contributed by atoms with Gasteiger partial charge >= 0.3 is 0 Å². The van der Waals surface area contributed by atoms with Crippen molar-refractivity contribution in [1.82, 2.24) is 0 Å². The molecule has 12 rings (SSSR count). The average molecular weight is 623 g/mol. The fourth-order valence-corrected chi connectivity index (χ4v) is 10.9. The predicted octanol–water partition coefficient (Wildman–Crippen LogP) is 12.9. The first-order valence-electron chi connectivity index (χ1n) is 16.8. The van der Waals surface area contributed by atoms with E-state index in [1.54, 1.807) is 0 Å². The molecule has 0 N–H and O–H groups in total. The Hall–Kier alpha value is -5.76. The van der Waals surface area contributed by atoms with E-state index in [1.165, 1.54) is 109 Å². The van der Waals surface area contributed by atoms with Crippen LogP contribution in [0.25, 0.3) is 86.6 Å². The van der Waals surface area contributed by atoms with Gasteiger partial charge < -0.3 is 0 Å². The average Bonchev–Trinajstić information content (AvgIpc) is 3.86. The highest BCUT2D eigenvalue weighted by molar-refractivity contribution is 7.26. The van der Waals surface area contributed by atoms with Crippen LogP contribution in [0.2, 0.25) is 0 Å². The molecule has 1 heterocycles. The first-order valence-corrected chi connectivity index (χ1v) is 17.6. The number of hydrogen-bond acceptors (Lipinski definition) is 1. The van der Waals surface area contributed by atoms with Gasteiger partial charge in [0.2, 0.25) is 0 Å². The third kappa shape index (κ3) is 2.86. The molecule has 0 bridgehead atoms. The van der Waals surface area contributed by atoms with Crippen LogP contribution in [0.5, 0.6) is 0 Å². The molecule has 1 atom stereocenters. The van der Waals surface area contributed by atoms with Crippen molar-refractivity contribution in [2.24, 2.45) is 0 Å². The zero-order valence-corrected chi connectivity index (χ0v) is 26.7. The van der Waals surface area contributed by atoms with Crippen molar-refractivity contribution >= 4 is 42.3 Å². The second kappa shape index (κ2) is 8.77. The molecular formula is C47H26S. The van der Waals surface area contributed by atoms with E-state index in [2.05, 4.69) is 158 Å². The summed E-state index contributed by atoms with van der Waals surface area (Å²) in [6, 6.07) is 59.8. The summed E-state index contributed by atoms with van der Waals surface area (Å²) in [5.74, 6) is 0. The molecule has 0 saturated heterocycles. The molecular weight excluding hydrogens is 597 g/mol. The fourth-order valence-electron chi connectivity index (χ4n) is 9.64. The van der Waals surface area contributed by atoms with Crippen molar-refractivity contribution in [3.8, 4) is 55.6 Å². The van der Waals surface area contributed by atoms with Crippen LogP contribution in [0.3, 0.4) is 0 Å². The number of benzene rings is 8. The van der Waals surface area contributed by atoms with E-state index in [0.29, 0.717) is 0 Å². The summed E-state index contributed by atoms with van der Waals surface area (Å²) in [5.41, 5.74) is 18.6. The van der Waals surface area contributed by atoms with Crippen LogP contribution in [0, 0.1) is 0 Å². The van der Waals surface area contributed by atoms with E-state index >= 15 is 0 Å². The Morgan fingerprint density at radius 2 is 0.958 bits per heavy atom. The van der Waals surface area contributed by atoms with Crippen LogP contribution in [0.15, 0.2) is 158 Å². The third-order valence-electron chi connectivity index (χ3n) is 11.4. The van der Waals surface area contributed by atoms with Crippen LogP contribution < -0.4 is 0 Å². The molecule has 1 aromatic heterocycles. The molecule has 9 aromatic rings. The largest absolute Gasteiger partial charge is 0.135 e. The fraction of sp³-hybridized carbons (Fsp3) is 0.0213. The summed E-state index contributed by atoms with van der Waals surface area (Å²) in [6.07, 6.45) is 0. The molecule has 0 amide bonds. The number of thiophene rings is 1. The Labute approximate surface area is 282 Å². The van der Waals surface area contributed by atoms with Gasteiger partial charge in [-0.15, -0.1) is 11.3 Å². The lowest BCUT2D eigenvalue weighted by Crippen LogP contribution is -2.25. The molecule has 3 aliphatic carbocycles. The lowest BCUT2D eigenvalue weighted by molar-refractivity contribution is 0.795. The number of hydrogen-bond donors (Lipinski definition) is 0. The monoisotopic (exact) mass is 622 g/mol. The highest BCUT2D eigenvalue weighted by atomic mass is 32.1. The molecule has 0 saturated carbocycles. The van der Waals surface area contributed by atoms with Gasteiger partial charge in [0, 0.05) is 20.2 Å². The third-order valence-corrected chi connectivity index (χ3v) is 12.7. The molecule has 1 unspecified atom stereocenters.